The van der Waals surface area contributed by atoms with Crippen molar-refractivity contribution in [3.63, 3.8) is 0 Å². The molecule has 0 amide bonds. The highest BCUT2D eigenvalue weighted by molar-refractivity contribution is 7.99. The van der Waals surface area contributed by atoms with Crippen molar-refractivity contribution in [3.05, 3.63) is 0 Å². The molecule has 0 radical (unpaired) electrons. The van der Waals surface area contributed by atoms with Gasteiger partial charge in [-0.25, -0.2) is 0 Å². The minimum absolute atomic E-state index is 0.290. The first-order valence-corrected chi connectivity index (χ1v) is 8.78. The third-order valence-corrected chi connectivity index (χ3v) is 5.02. The zero-order valence-electron chi connectivity index (χ0n) is 13.4. The van der Waals surface area contributed by atoms with Gasteiger partial charge in [0, 0.05) is 13.2 Å². The second-order valence-electron chi connectivity index (χ2n) is 7.10. The van der Waals surface area contributed by atoms with E-state index in [1.165, 1.54) is 37.2 Å². The molecular weight excluding hydrogens is 256 g/mol. The van der Waals surface area contributed by atoms with Crippen molar-refractivity contribution in [1.82, 2.24) is 0 Å². The molecule has 0 fully saturated rings. The molecule has 0 spiro atoms. The highest BCUT2D eigenvalue weighted by atomic mass is 32.2. The zero-order chi connectivity index (χ0) is 14.8. The second-order valence-corrected chi connectivity index (χ2v) is 8.32. The van der Waals surface area contributed by atoms with E-state index in [4.69, 9.17) is 10.2 Å². The van der Waals surface area contributed by atoms with Crippen LogP contribution in [0.5, 0.6) is 0 Å². The first-order chi connectivity index (χ1) is 8.83. The Kier molecular flexibility index (Phi) is 10.2. The van der Waals surface area contributed by atoms with E-state index in [0.29, 0.717) is 24.0 Å². The maximum absolute atomic E-state index is 8.97. The molecule has 0 unspecified atom stereocenters. The van der Waals surface area contributed by atoms with Crippen molar-refractivity contribution in [2.24, 2.45) is 10.8 Å². The van der Waals surface area contributed by atoms with Crippen LogP contribution in [0.1, 0.15) is 66.2 Å². The van der Waals surface area contributed by atoms with E-state index < -0.39 is 0 Å². The lowest BCUT2D eigenvalue weighted by atomic mass is 9.85. The summed E-state index contributed by atoms with van der Waals surface area (Å²) in [5, 5.41) is 17.9. The molecule has 0 aliphatic rings. The Morgan fingerprint density at radius 3 is 1.37 bits per heavy atom. The van der Waals surface area contributed by atoms with E-state index >= 15 is 0 Å². The van der Waals surface area contributed by atoms with Gasteiger partial charge in [-0.2, -0.15) is 11.8 Å². The number of aliphatic hydroxyl groups is 2. The van der Waals surface area contributed by atoms with Gasteiger partial charge in [0.25, 0.3) is 0 Å². The topological polar surface area (TPSA) is 40.5 Å². The van der Waals surface area contributed by atoms with Gasteiger partial charge in [0.05, 0.1) is 0 Å². The van der Waals surface area contributed by atoms with E-state index in [0.717, 1.165) is 12.8 Å². The molecule has 0 rings (SSSR count). The van der Waals surface area contributed by atoms with E-state index in [1.807, 2.05) is 11.8 Å². The molecule has 0 aromatic carbocycles. The van der Waals surface area contributed by atoms with Crippen LogP contribution in [0, 0.1) is 10.8 Å². The molecule has 0 aromatic rings. The maximum atomic E-state index is 8.97. The van der Waals surface area contributed by atoms with Crippen molar-refractivity contribution in [1.29, 1.82) is 0 Å². The van der Waals surface area contributed by atoms with Gasteiger partial charge < -0.3 is 10.2 Å². The van der Waals surface area contributed by atoms with E-state index in [-0.39, 0.29) is 0 Å². The lowest BCUT2D eigenvalue weighted by Gasteiger charge is -2.24. The third kappa shape index (κ3) is 11.8. The van der Waals surface area contributed by atoms with Crippen LogP contribution < -0.4 is 0 Å². The van der Waals surface area contributed by atoms with Crippen LogP contribution in [0.15, 0.2) is 0 Å². The summed E-state index contributed by atoms with van der Waals surface area (Å²) in [4.78, 5) is 0. The molecule has 0 saturated carbocycles. The third-order valence-electron chi connectivity index (χ3n) is 3.86. The Hall–Kier alpha value is 0.270. The van der Waals surface area contributed by atoms with Crippen LogP contribution in [-0.4, -0.2) is 34.9 Å². The summed E-state index contributed by atoms with van der Waals surface area (Å²) in [7, 11) is 0. The molecule has 2 N–H and O–H groups in total. The molecule has 0 heterocycles. The van der Waals surface area contributed by atoms with Gasteiger partial charge in [-0.3, -0.25) is 0 Å². The van der Waals surface area contributed by atoms with Crippen LogP contribution in [-0.2, 0) is 0 Å². The van der Waals surface area contributed by atoms with Gasteiger partial charge in [0.15, 0.2) is 0 Å². The van der Waals surface area contributed by atoms with Crippen molar-refractivity contribution in [3.8, 4) is 0 Å². The maximum Gasteiger partial charge on any atom is 0.0436 e. The van der Waals surface area contributed by atoms with Crippen LogP contribution in [0.2, 0.25) is 0 Å². The summed E-state index contributed by atoms with van der Waals surface area (Å²) >= 11 is 2.05. The fraction of sp³-hybridized carbons (Fsp3) is 1.00. The number of thioether (sulfide) groups is 1. The van der Waals surface area contributed by atoms with Gasteiger partial charge in [-0.15, -0.1) is 0 Å². The van der Waals surface area contributed by atoms with Crippen molar-refractivity contribution in [2.75, 3.05) is 24.7 Å². The number of hydrogen-bond acceptors (Lipinski definition) is 3. The molecule has 0 aliphatic heterocycles. The SMILES string of the molecule is CC(C)(CCO)CCCSCCCC(C)(C)CCO. The summed E-state index contributed by atoms with van der Waals surface area (Å²) < 4.78 is 0. The fourth-order valence-corrected chi connectivity index (χ4v) is 3.16. The molecule has 3 heteroatoms. The summed E-state index contributed by atoms with van der Waals surface area (Å²) in [6, 6.07) is 0. The van der Waals surface area contributed by atoms with Crippen LogP contribution >= 0.6 is 11.8 Å². The summed E-state index contributed by atoms with van der Waals surface area (Å²) in [6.45, 7) is 9.58. The molecular formula is C16H34O2S. The van der Waals surface area contributed by atoms with Gasteiger partial charge in [0.1, 0.15) is 0 Å². The normalized spacial score (nSPS) is 12.9. The Balaban J connectivity index is 3.46. The second kappa shape index (κ2) is 10.1. The Labute approximate surface area is 124 Å². The van der Waals surface area contributed by atoms with Gasteiger partial charge in [0.2, 0.25) is 0 Å². The van der Waals surface area contributed by atoms with Gasteiger partial charge in [-0.05, 0) is 60.9 Å². The Morgan fingerprint density at radius 1 is 0.684 bits per heavy atom. The smallest absolute Gasteiger partial charge is 0.0436 e. The monoisotopic (exact) mass is 290 g/mol. The largest absolute Gasteiger partial charge is 0.396 e. The predicted octanol–water partition coefficient (Wildman–Crippen LogP) is 4.10. The zero-order valence-corrected chi connectivity index (χ0v) is 14.2. The molecule has 0 atom stereocenters. The molecule has 2 nitrogen and oxygen atoms in total. The van der Waals surface area contributed by atoms with Gasteiger partial charge >= 0.3 is 0 Å². The lowest BCUT2D eigenvalue weighted by molar-refractivity contribution is 0.201. The van der Waals surface area contributed by atoms with Crippen LogP contribution in [0.3, 0.4) is 0 Å². The predicted molar refractivity (Wildman–Crippen MR) is 86.8 cm³/mol. The molecule has 0 bridgehead atoms. The standard InChI is InChI=1S/C16H34O2S/c1-15(2,9-11-17)7-5-13-19-14-6-8-16(3,4)10-12-18/h17-18H,5-14H2,1-4H3. The molecule has 0 saturated heterocycles. The minimum Gasteiger partial charge on any atom is -0.396 e. The summed E-state index contributed by atoms with van der Waals surface area (Å²) in [5.74, 6) is 2.46. The summed E-state index contributed by atoms with van der Waals surface area (Å²) in [6.07, 6.45) is 6.72. The highest BCUT2D eigenvalue weighted by Gasteiger charge is 2.17. The van der Waals surface area contributed by atoms with E-state index in [1.54, 1.807) is 0 Å². The molecule has 0 aliphatic carbocycles. The first kappa shape index (κ1) is 19.3. The van der Waals surface area contributed by atoms with Crippen molar-refractivity contribution < 1.29 is 10.2 Å². The van der Waals surface area contributed by atoms with Crippen molar-refractivity contribution >= 4 is 11.8 Å². The minimum atomic E-state index is 0.290. The van der Waals surface area contributed by atoms with Crippen LogP contribution in [0.4, 0.5) is 0 Å². The quantitative estimate of drug-likeness (QED) is 0.532. The fourth-order valence-electron chi connectivity index (χ4n) is 2.26. The molecule has 0 aromatic heterocycles. The number of aliphatic hydroxyl groups excluding tert-OH is 2. The summed E-state index contributed by atoms with van der Waals surface area (Å²) in [5.41, 5.74) is 0.580. The van der Waals surface area contributed by atoms with E-state index in [2.05, 4.69) is 27.7 Å². The average Bonchev–Trinajstić information content (AvgIpc) is 2.27. The Morgan fingerprint density at radius 2 is 1.05 bits per heavy atom. The lowest BCUT2D eigenvalue weighted by Crippen LogP contribution is -2.14. The van der Waals surface area contributed by atoms with E-state index in [9.17, 15) is 0 Å². The first-order valence-electron chi connectivity index (χ1n) is 7.62. The number of rotatable bonds is 12. The Bertz CT molecular complexity index is 193. The average molecular weight is 291 g/mol. The molecule has 19 heavy (non-hydrogen) atoms. The highest BCUT2D eigenvalue weighted by Crippen LogP contribution is 2.29. The molecule has 116 valence electrons. The van der Waals surface area contributed by atoms with Gasteiger partial charge in [-0.1, -0.05) is 27.7 Å². The van der Waals surface area contributed by atoms with Crippen LogP contribution in [0.25, 0.3) is 0 Å². The number of hydrogen-bond donors (Lipinski definition) is 2. The van der Waals surface area contributed by atoms with Crippen molar-refractivity contribution in [2.45, 2.75) is 66.2 Å².